The molecule has 1 fully saturated rings. The molecule has 0 spiro atoms. The number of carbonyl (C=O) groups excluding carboxylic acids is 1. The van der Waals surface area contributed by atoms with E-state index in [4.69, 9.17) is 0 Å². The molecule has 5 rings (SSSR count). The second-order valence-corrected chi connectivity index (χ2v) is 8.93. The number of amides is 1. The fourth-order valence-corrected chi connectivity index (χ4v) is 4.86. The molecule has 2 aromatic carbocycles. The Morgan fingerprint density at radius 2 is 1.80 bits per heavy atom. The van der Waals surface area contributed by atoms with Gasteiger partial charge in [-0.15, -0.1) is 0 Å². The van der Waals surface area contributed by atoms with Crippen LogP contribution >= 0.6 is 0 Å². The van der Waals surface area contributed by atoms with Crippen molar-refractivity contribution in [3.63, 3.8) is 0 Å². The molecular weight excluding hydrogens is 447 g/mol. The molecule has 9 heteroatoms. The molecule has 1 N–H and O–H groups in total. The van der Waals surface area contributed by atoms with E-state index in [-0.39, 0.29) is 23.8 Å². The van der Waals surface area contributed by atoms with Crippen molar-refractivity contribution >= 4 is 28.1 Å². The van der Waals surface area contributed by atoms with Crippen LogP contribution in [0.3, 0.4) is 0 Å². The Kier molecular flexibility index (Phi) is 6.50. The van der Waals surface area contributed by atoms with Gasteiger partial charge >= 0.3 is 0 Å². The zero-order valence-electron chi connectivity index (χ0n) is 19.8. The second kappa shape index (κ2) is 9.87. The highest BCUT2D eigenvalue weighted by Crippen LogP contribution is 2.22. The number of aryl methyl sites for hydroxylation is 1. The van der Waals surface area contributed by atoms with Crippen molar-refractivity contribution in [3.8, 4) is 0 Å². The molecule has 2 aromatic heterocycles. The number of nitrogens with zero attached hydrogens (tertiary/aromatic N) is 5. The lowest BCUT2D eigenvalue weighted by atomic mass is 10.2. The van der Waals surface area contributed by atoms with Gasteiger partial charge in [-0.2, -0.15) is 4.98 Å². The van der Waals surface area contributed by atoms with Crippen LogP contribution in [0.25, 0.3) is 16.6 Å². The summed E-state index contributed by atoms with van der Waals surface area (Å²) in [6.07, 6.45) is 0.839. The van der Waals surface area contributed by atoms with Gasteiger partial charge in [0.25, 0.3) is 5.56 Å². The number of aromatic nitrogens is 3. The number of piperazine rings is 1. The van der Waals surface area contributed by atoms with Gasteiger partial charge in [-0.1, -0.05) is 24.3 Å². The summed E-state index contributed by atoms with van der Waals surface area (Å²) in [6, 6.07) is 16.0. The first-order valence-electron chi connectivity index (χ1n) is 12.0. The third-order valence-electron chi connectivity index (χ3n) is 6.58. The Morgan fingerprint density at radius 1 is 1.06 bits per heavy atom. The van der Waals surface area contributed by atoms with E-state index in [9.17, 15) is 14.0 Å². The van der Waals surface area contributed by atoms with Gasteiger partial charge in [0.1, 0.15) is 12.4 Å². The predicted molar refractivity (Wildman–Crippen MR) is 134 cm³/mol. The van der Waals surface area contributed by atoms with Gasteiger partial charge in [0, 0.05) is 49.9 Å². The average Bonchev–Trinajstić information content (AvgIpc) is 3.16. The summed E-state index contributed by atoms with van der Waals surface area (Å²) in [5.41, 5.74) is 2.53. The highest BCUT2D eigenvalue weighted by molar-refractivity contribution is 5.93. The Hall–Kier alpha value is -3.72. The SMILES string of the molecule is Cc1cc(=O)nc2c3ccccc3n(CC(=O)NCCCN3CCN(c4ccccc4F)CC3)n12. The minimum atomic E-state index is -0.287. The monoisotopic (exact) mass is 476 g/mol. The molecule has 0 atom stereocenters. The van der Waals surface area contributed by atoms with Crippen molar-refractivity contribution in [2.24, 2.45) is 0 Å². The normalized spacial score (nSPS) is 14.6. The first kappa shape index (κ1) is 23.0. The highest BCUT2D eigenvalue weighted by Gasteiger charge is 2.19. The molecule has 0 aliphatic carbocycles. The van der Waals surface area contributed by atoms with E-state index in [2.05, 4.69) is 20.1 Å². The molecular formula is C26H29FN6O2. The Morgan fingerprint density at radius 3 is 2.60 bits per heavy atom. The van der Waals surface area contributed by atoms with Crippen LogP contribution in [0.1, 0.15) is 12.1 Å². The predicted octanol–water partition coefficient (Wildman–Crippen LogP) is 2.43. The third-order valence-corrected chi connectivity index (χ3v) is 6.58. The van der Waals surface area contributed by atoms with Gasteiger partial charge in [0.05, 0.1) is 11.2 Å². The number of benzene rings is 2. The van der Waals surface area contributed by atoms with Crippen molar-refractivity contribution in [3.05, 3.63) is 76.5 Å². The van der Waals surface area contributed by atoms with Crippen molar-refractivity contribution in [1.82, 2.24) is 24.4 Å². The van der Waals surface area contributed by atoms with Gasteiger partial charge in [-0.25, -0.2) is 8.91 Å². The molecule has 0 saturated carbocycles. The number of para-hydroxylation sites is 2. The van der Waals surface area contributed by atoms with Gasteiger partial charge in [0.2, 0.25) is 5.91 Å². The van der Waals surface area contributed by atoms with Gasteiger partial charge < -0.3 is 10.2 Å². The van der Waals surface area contributed by atoms with E-state index < -0.39 is 0 Å². The maximum Gasteiger partial charge on any atom is 0.273 e. The molecule has 4 aromatic rings. The number of anilines is 1. The van der Waals surface area contributed by atoms with Gasteiger partial charge in [-0.05, 0) is 44.2 Å². The van der Waals surface area contributed by atoms with Gasteiger partial charge in [0.15, 0.2) is 5.65 Å². The van der Waals surface area contributed by atoms with E-state index in [1.54, 1.807) is 6.07 Å². The molecule has 0 unspecified atom stereocenters. The van der Waals surface area contributed by atoms with E-state index >= 15 is 0 Å². The largest absolute Gasteiger partial charge is 0.367 e. The van der Waals surface area contributed by atoms with E-state index in [0.717, 1.165) is 55.7 Å². The molecule has 1 amide bonds. The van der Waals surface area contributed by atoms with Crippen LogP contribution < -0.4 is 15.8 Å². The van der Waals surface area contributed by atoms with Crippen molar-refractivity contribution in [2.75, 3.05) is 44.2 Å². The van der Waals surface area contributed by atoms with Crippen LogP contribution in [0.15, 0.2) is 59.4 Å². The number of hydrogen-bond acceptors (Lipinski definition) is 5. The molecule has 1 aliphatic heterocycles. The molecule has 3 heterocycles. The number of fused-ring (bicyclic) bond motifs is 3. The van der Waals surface area contributed by atoms with Crippen LogP contribution in [0, 0.1) is 12.7 Å². The Bertz CT molecular complexity index is 1420. The van der Waals surface area contributed by atoms with Crippen LogP contribution in [0.4, 0.5) is 10.1 Å². The summed E-state index contributed by atoms with van der Waals surface area (Å²) in [4.78, 5) is 33.3. The fourth-order valence-electron chi connectivity index (χ4n) is 4.86. The van der Waals surface area contributed by atoms with Crippen LogP contribution in [0.2, 0.25) is 0 Å². The molecule has 0 radical (unpaired) electrons. The number of carbonyl (C=O) groups is 1. The van der Waals surface area contributed by atoms with E-state index in [1.807, 2.05) is 52.5 Å². The summed E-state index contributed by atoms with van der Waals surface area (Å²) in [6.45, 7) is 6.75. The summed E-state index contributed by atoms with van der Waals surface area (Å²) in [5.74, 6) is -0.264. The van der Waals surface area contributed by atoms with Gasteiger partial charge in [-0.3, -0.25) is 19.2 Å². The molecule has 182 valence electrons. The van der Waals surface area contributed by atoms with E-state index in [1.165, 1.54) is 12.1 Å². The number of nitrogens with one attached hydrogen (secondary N) is 1. The first-order chi connectivity index (χ1) is 17.0. The lowest BCUT2D eigenvalue weighted by molar-refractivity contribution is -0.121. The first-order valence-corrected chi connectivity index (χ1v) is 12.0. The standard InChI is InChI=1S/C26H29FN6O2/c1-19-17-24(34)29-26-20-7-2-4-9-22(20)32(33(19)26)18-25(35)28-11-6-12-30-13-15-31(16-14-30)23-10-5-3-8-21(23)27/h2-5,7-10,17H,6,11-16,18H2,1H3,(H,28,35). The molecule has 1 aliphatic rings. The summed E-state index contributed by atoms with van der Waals surface area (Å²) in [7, 11) is 0. The topological polar surface area (TPSA) is 74.9 Å². The lowest BCUT2D eigenvalue weighted by Gasteiger charge is -2.36. The zero-order chi connectivity index (χ0) is 24.4. The summed E-state index contributed by atoms with van der Waals surface area (Å²) < 4.78 is 17.7. The minimum absolute atomic E-state index is 0.0878. The van der Waals surface area contributed by atoms with Crippen LogP contribution in [0.5, 0.6) is 0 Å². The fraction of sp³-hybridized carbons (Fsp3) is 0.346. The number of halogens is 1. The Balaban J connectivity index is 1.15. The quantitative estimate of drug-likeness (QED) is 0.415. The zero-order valence-corrected chi connectivity index (χ0v) is 19.8. The molecule has 8 nitrogen and oxygen atoms in total. The third kappa shape index (κ3) is 4.77. The van der Waals surface area contributed by atoms with E-state index in [0.29, 0.717) is 17.9 Å². The van der Waals surface area contributed by atoms with Crippen molar-refractivity contribution in [1.29, 1.82) is 0 Å². The number of rotatable bonds is 7. The van der Waals surface area contributed by atoms with Crippen molar-refractivity contribution < 1.29 is 9.18 Å². The summed E-state index contributed by atoms with van der Waals surface area (Å²) in [5, 5.41) is 3.86. The smallest absolute Gasteiger partial charge is 0.273 e. The summed E-state index contributed by atoms with van der Waals surface area (Å²) >= 11 is 0. The number of hydrogen-bond donors (Lipinski definition) is 1. The van der Waals surface area contributed by atoms with Crippen molar-refractivity contribution in [2.45, 2.75) is 19.9 Å². The maximum absolute atomic E-state index is 14.0. The average molecular weight is 477 g/mol. The Labute approximate surface area is 202 Å². The van der Waals surface area contributed by atoms with Crippen LogP contribution in [-0.4, -0.2) is 64.3 Å². The molecule has 1 saturated heterocycles. The molecule has 35 heavy (non-hydrogen) atoms. The van der Waals surface area contributed by atoms with Crippen LogP contribution in [-0.2, 0) is 11.3 Å². The maximum atomic E-state index is 14.0. The lowest BCUT2D eigenvalue weighted by Crippen LogP contribution is -2.47. The second-order valence-electron chi connectivity index (χ2n) is 8.93. The minimum Gasteiger partial charge on any atom is -0.367 e. The highest BCUT2D eigenvalue weighted by atomic mass is 19.1. The molecule has 0 bridgehead atoms.